The monoisotopic (exact) mass is 241 g/mol. The average molecular weight is 241 g/mol. The minimum atomic E-state index is -0.832. The first-order valence-electron chi connectivity index (χ1n) is 5.07. The third kappa shape index (κ3) is 3.34. The summed E-state index contributed by atoms with van der Waals surface area (Å²) in [7, 11) is 0. The zero-order valence-electron chi connectivity index (χ0n) is 9.32. The lowest BCUT2D eigenvalue weighted by molar-refractivity contribution is -0.141. The second-order valence-electron chi connectivity index (χ2n) is 3.72. The molecule has 2 N–H and O–H groups in total. The molecule has 1 aromatic rings. The quantitative estimate of drug-likeness (QED) is 0.827. The Labute approximate surface area is 98.3 Å². The van der Waals surface area contributed by atoms with Crippen molar-refractivity contribution in [1.82, 2.24) is 5.32 Å². The van der Waals surface area contributed by atoms with Crippen LogP contribution in [0.25, 0.3) is 0 Å². The maximum absolute atomic E-state index is 11.6. The molecular weight excluding hydrogens is 226 g/mol. The molecule has 1 amide bonds. The predicted octanol–water partition coefficient (Wildman–Crippen LogP) is 1.90. The van der Waals surface area contributed by atoms with Crippen LogP contribution in [0.3, 0.4) is 0 Å². The Balaban J connectivity index is 2.37. The summed E-state index contributed by atoms with van der Waals surface area (Å²) in [5.41, 5.74) is 0.953. The molecule has 0 aliphatic rings. The standard InChI is InChI=1S/C11H15NO3S/c1-7-4-6-16-9(7)10(13)12-5-3-8(2)11(14)15/h4,6,8H,3,5H2,1-2H3,(H,12,13)(H,14,15). The topological polar surface area (TPSA) is 66.4 Å². The molecule has 1 heterocycles. The smallest absolute Gasteiger partial charge is 0.306 e. The van der Waals surface area contributed by atoms with Gasteiger partial charge in [0.1, 0.15) is 0 Å². The van der Waals surface area contributed by atoms with Crippen molar-refractivity contribution in [3.8, 4) is 0 Å². The van der Waals surface area contributed by atoms with Gasteiger partial charge in [0.25, 0.3) is 5.91 Å². The van der Waals surface area contributed by atoms with E-state index in [0.717, 1.165) is 5.56 Å². The fourth-order valence-corrected chi connectivity index (χ4v) is 2.05. The van der Waals surface area contributed by atoms with E-state index in [1.54, 1.807) is 6.92 Å². The van der Waals surface area contributed by atoms with E-state index >= 15 is 0 Å². The summed E-state index contributed by atoms with van der Waals surface area (Å²) in [6.07, 6.45) is 0.450. The molecule has 4 nitrogen and oxygen atoms in total. The second-order valence-corrected chi connectivity index (χ2v) is 4.63. The molecule has 1 atom stereocenters. The summed E-state index contributed by atoms with van der Waals surface area (Å²) in [5, 5.41) is 13.2. The molecule has 88 valence electrons. The second kappa shape index (κ2) is 5.65. The molecule has 0 aliphatic heterocycles. The molecule has 1 aromatic heterocycles. The highest BCUT2D eigenvalue weighted by molar-refractivity contribution is 7.12. The first kappa shape index (κ1) is 12.7. The minimum absolute atomic E-state index is 0.120. The van der Waals surface area contributed by atoms with Crippen molar-refractivity contribution < 1.29 is 14.7 Å². The number of carboxylic acids is 1. The molecule has 0 saturated heterocycles. The molecule has 0 radical (unpaired) electrons. The number of hydrogen-bond donors (Lipinski definition) is 2. The van der Waals surface area contributed by atoms with Crippen LogP contribution in [-0.2, 0) is 4.79 Å². The number of carboxylic acid groups (broad SMARTS) is 1. The van der Waals surface area contributed by atoms with E-state index in [9.17, 15) is 9.59 Å². The third-order valence-electron chi connectivity index (χ3n) is 2.35. The van der Waals surface area contributed by atoms with Crippen molar-refractivity contribution in [2.75, 3.05) is 6.54 Å². The SMILES string of the molecule is Cc1ccsc1C(=O)NCCC(C)C(=O)O. The Morgan fingerprint density at radius 1 is 1.56 bits per heavy atom. The Bertz CT molecular complexity index is 386. The maximum atomic E-state index is 11.6. The van der Waals surface area contributed by atoms with Gasteiger partial charge >= 0.3 is 5.97 Å². The molecule has 16 heavy (non-hydrogen) atoms. The average Bonchev–Trinajstić information content (AvgIpc) is 2.64. The number of carbonyl (C=O) groups excluding carboxylic acids is 1. The summed E-state index contributed by atoms with van der Waals surface area (Å²) in [4.78, 5) is 22.9. The summed E-state index contributed by atoms with van der Waals surface area (Å²) in [6.45, 7) is 3.90. The van der Waals surface area contributed by atoms with E-state index in [-0.39, 0.29) is 5.91 Å². The highest BCUT2D eigenvalue weighted by Gasteiger charge is 2.13. The third-order valence-corrected chi connectivity index (χ3v) is 3.37. The van der Waals surface area contributed by atoms with Crippen LogP contribution in [0.15, 0.2) is 11.4 Å². The van der Waals surface area contributed by atoms with E-state index in [4.69, 9.17) is 5.11 Å². The van der Waals surface area contributed by atoms with Crippen molar-refractivity contribution in [1.29, 1.82) is 0 Å². The van der Waals surface area contributed by atoms with Gasteiger partial charge in [-0.25, -0.2) is 0 Å². The van der Waals surface area contributed by atoms with Gasteiger partial charge in [-0.05, 0) is 30.4 Å². The number of rotatable bonds is 5. The van der Waals surface area contributed by atoms with Gasteiger partial charge in [0, 0.05) is 6.54 Å². The van der Waals surface area contributed by atoms with Crippen LogP contribution in [0.1, 0.15) is 28.6 Å². The zero-order valence-corrected chi connectivity index (χ0v) is 10.1. The number of thiophene rings is 1. The van der Waals surface area contributed by atoms with E-state index < -0.39 is 11.9 Å². The van der Waals surface area contributed by atoms with Crippen LogP contribution < -0.4 is 5.32 Å². The van der Waals surface area contributed by atoms with E-state index in [1.807, 2.05) is 18.4 Å². The van der Waals surface area contributed by atoms with Crippen LogP contribution >= 0.6 is 11.3 Å². The van der Waals surface area contributed by atoms with Gasteiger partial charge in [-0.1, -0.05) is 6.92 Å². The molecule has 0 saturated carbocycles. The lowest BCUT2D eigenvalue weighted by Crippen LogP contribution is -2.26. The lowest BCUT2D eigenvalue weighted by Gasteiger charge is -2.07. The molecular formula is C11H15NO3S. The van der Waals surface area contributed by atoms with E-state index in [2.05, 4.69) is 5.32 Å². The van der Waals surface area contributed by atoms with Crippen molar-refractivity contribution in [2.45, 2.75) is 20.3 Å². The number of carbonyl (C=O) groups is 2. The van der Waals surface area contributed by atoms with Crippen LogP contribution in [0.4, 0.5) is 0 Å². The van der Waals surface area contributed by atoms with Crippen LogP contribution in [0.5, 0.6) is 0 Å². The highest BCUT2D eigenvalue weighted by Crippen LogP contribution is 2.15. The number of hydrogen-bond acceptors (Lipinski definition) is 3. The summed E-state index contributed by atoms with van der Waals surface area (Å²) in [6, 6.07) is 1.89. The van der Waals surface area contributed by atoms with Crippen LogP contribution in [-0.4, -0.2) is 23.5 Å². The normalized spacial score (nSPS) is 12.1. The van der Waals surface area contributed by atoms with Gasteiger partial charge in [-0.15, -0.1) is 11.3 Å². The molecule has 1 rings (SSSR count). The van der Waals surface area contributed by atoms with Crippen molar-refractivity contribution in [2.24, 2.45) is 5.92 Å². The maximum Gasteiger partial charge on any atom is 0.306 e. The number of amides is 1. The molecule has 0 bridgehead atoms. The number of aliphatic carboxylic acids is 1. The zero-order chi connectivity index (χ0) is 12.1. The summed E-state index contributed by atoms with van der Waals surface area (Å²) < 4.78 is 0. The first-order valence-corrected chi connectivity index (χ1v) is 5.95. The van der Waals surface area contributed by atoms with Gasteiger partial charge in [0.15, 0.2) is 0 Å². The van der Waals surface area contributed by atoms with Crippen molar-refractivity contribution in [3.63, 3.8) is 0 Å². The van der Waals surface area contributed by atoms with Crippen LogP contribution in [0.2, 0.25) is 0 Å². The Morgan fingerprint density at radius 2 is 2.25 bits per heavy atom. The molecule has 0 spiro atoms. The van der Waals surface area contributed by atoms with Gasteiger partial charge < -0.3 is 10.4 Å². The molecule has 0 aliphatic carbocycles. The Morgan fingerprint density at radius 3 is 2.75 bits per heavy atom. The van der Waals surface area contributed by atoms with Crippen molar-refractivity contribution in [3.05, 3.63) is 21.9 Å². The fraction of sp³-hybridized carbons (Fsp3) is 0.455. The first-order chi connectivity index (χ1) is 7.52. The molecule has 1 unspecified atom stereocenters. The number of aryl methyl sites for hydroxylation is 1. The Hall–Kier alpha value is -1.36. The highest BCUT2D eigenvalue weighted by atomic mass is 32.1. The van der Waals surface area contributed by atoms with E-state index in [1.165, 1.54) is 11.3 Å². The molecule has 0 aromatic carbocycles. The summed E-state index contributed by atoms with van der Waals surface area (Å²) in [5.74, 6) is -1.38. The molecule has 5 heteroatoms. The Kier molecular flexibility index (Phi) is 4.49. The van der Waals surface area contributed by atoms with Gasteiger partial charge in [0.2, 0.25) is 0 Å². The minimum Gasteiger partial charge on any atom is -0.481 e. The largest absolute Gasteiger partial charge is 0.481 e. The van der Waals surface area contributed by atoms with Crippen molar-refractivity contribution >= 4 is 23.2 Å². The van der Waals surface area contributed by atoms with E-state index in [0.29, 0.717) is 17.8 Å². The number of nitrogens with one attached hydrogen (secondary N) is 1. The van der Waals surface area contributed by atoms with Crippen LogP contribution in [0, 0.1) is 12.8 Å². The summed E-state index contributed by atoms with van der Waals surface area (Å²) >= 11 is 1.39. The van der Waals surface area contributed by atoms with Gasteiger partial charge in [-0.2, -0.15) is 0 Å². The molecule has 0 fully saturated rings. The fourth-order valence-electron chi connectivity index (χ4n) is 1.21. The lowest BCUT2D eigenvalue weighted by atomic mass is 10.1. The predicted molar refractivity (Wildman–Crippen MR) is 62.8 cm³/mol. The van der Waals surface area contributed by atoms with Gasteiger partial charge in [-0.3, -0.25) is 9.59 Å². The van der Waals surface area contributed by atoms with Gasteiger partial charge in [0.05, 0.1) is 10.8 Å².